The zero-order valence-corrected chi connectivity index (χ0v) is 13.0. The van der Waals surface area contributed by atoms with Crippen molar-refractivity contribution in [2.45, 2.75) is 0 Å². The summed E-state index contributed by atoms with van der Waals surface area (Å²) in [5, 5.41) is 17.9. The number of nitrogens with zero attached hydrogens (tertiary/aromatic N) is 4. The summed E-state index contributed by atoms with van der Waals surface area (Å²) >= 11 is 1.13. The third kappa shape index (κ3) is 2.71. The van der Waals surface area contributed by atoms with Gasteiger partial charge in [0.25, 0.3) is 11.6 Å². The lowest BCUT2D eigenvalue weighted by Crippen LogP contribution is -2.15. The number of nitro benzene ring substituents is 1. The monoisotopic (exact) mass is 333 g/mol. The Balaban J connectivity index is 1.98. The molecule has 0 bridgehead atoms. The molecular weight excluding hydrogens is 322 g/mol. The van der Waals surface area contributed by atoms with Crippen molar-refractivity contribution >= 4 is 38.3 Å². The summed E-state index contributed by atoms with van der Waals surface area (Å²) < 4.78 is 7.13. The van der Waals surface area contributed by atoms with Crippen LogP contribution >= 0.6 is 11.3 Å². The predicted molar refractivity (Wildman–Crippen MR) is 84.0 cm³/mol. The average molecular weight is 333 g/mol. The van der Waals surface area contributed by atoms with E-state index >= 15 is 0 Å². The molecule has 0 radical (unpaired) electrons. The van der Waals surface area contributed by atoms with Crippen molar-refractivity contribution in [3.63, 3.8) is 0 Å². The molecule has 3 rings (SSSR count). The first-order valence-electron chi connectivity index (χ1n) is 6.42. The number of carbonyl (C=O) groups excluding carboxylic acids is 1. The van der Waals surface area contributed by atoms with Gasteiger partial charge in [-0.05, 0) is 6.07 Å². The summed E-state index contributed by atoms with van der Waals surface area (Å²) in [5.74, 6) is -0.0796. The number of benzene rings is 1. The van der Waals surface area contributed by atoms with Gasteiger partial charge in [-0.3, -0.25) is 24.9 Å². The highest BCUT2D eigenvalue weighted by molar-refractivity contribution is 7.22. The second-order valence-corrected chi connectivity index (χ2v) is 5.60. The molecule has 0 aliphatic rings. The van der Waals surface area contributed by atoms with Crippen LogP contribution in [0.3, 0.4) is 0 Å². The van der Waals surface area contributed by atoms with Gasteiger partial charge < -0.3 is 4.74 Å². The van der Waals surface area contributed by atoms with Gasteiger partial charge in [-0.25, -0.2) is 4.98 Å². The van der Waals surface area contributed by atoms with Crippen LogP contribution < -0.4 is 10.1 Å². The molecule has 0 unspecified atom stereocenters. The van der Waals surface area contributed by atoms with Crippen molar-refractivity contribution in [3.8, 4) is 5.75 Å². The molecule has 23 heavy (non-hydrogen) atoms. The maximum Gasteiger partial charge on any atom is 0.275 e. The van der Waals surface area contributed by atoms with Crippen LogP contribution in [0, 0.1) is 10.1 Å². The molecule has 1 aromatic carbocycles. The topological polar surface area (TPSA) is 112 Å². The molecule has 2 aromatic heterocycles. The van der Waals surface area contributed by atoms with Gasteiger partial charge in [0.05, 0.1) is 22.8 Å². The lowest BCUT2D eigenvalue weighted by atomic mass is 10.3. The number of aromatic nitrogens is 3. The van der Waals surface area contributed by atoms with Crippen molar-refractivity contribution in [2.75, 3.05) is 12.4 Å². The third-order valence-electron chi connectivity index (χ3n) is 3.15. The first-order chi connectivity index (χ1) is 11.0. The number of aryl methyl sites for hydroxylation is 1. The van der Waals surface area contributed by atoms with E-state index in [0.717, 1.165) is 11.3 Å². The molecule has 0 saturated heterocycles. The average Bonchev–Trinajstić information content (AvgIpc) is 3.11. The van der Waals surface area contributed by atoms with Crippen molar-refractivity contribution in [3.05, 3.63) is 40.2 Å². The molecule has 3 aromatic rings. The number of anilines is 1. The van der Waals surface area contributed by atoms with E-state index in [0.29, 0.717) is 21.0 Å². The number of fused-ring (bicyclic) bond motifs is 1. The van der Waals surface area contributed by atoms with E-state index in [9.17, 15) is 14.9 Å². The summed E-state index contributed by atoms with van der Waals surface area (Å²) in [7, 11) is 3.06. The van der Waals surface area contributed by atoms with Crippen LogP contribution in [0.25, 0.3) is 10.2 Å². The van der Waals surface area contributed by atoms with Gasteiger partial charge in [-0.2, -0.15) is 5.10 Å². The second kappa shape index (κ2) is 5.65. The van der Waals surface area contributed by atoms with Crippen LogP contribution in [-0.2, 0) is 7.05 Å². The van der Waals surface area contributed by atoms with E-state index in [-0.39, 0.29) is 17.3 Å². The Bertz CT molecular complexity index is 916. The van der Waals surface area contributed by atoms with Crippen LogP contribution in [0.1, 0.15) is 10.5 Å². The molecule has 2 heterocycles. The molecule has 0 spiro atoms. The van der Waals surface area contributed by atoms with Crippen LogP contribution in [-0.4, -0.2) is 32.7 Å². The van der Waals surface area contributed by atoms with E-state index in [1.54, 1.807) is 13.1 Å². The summed E-state index contributed by atoms with van der Waals surface area (Å²) in [6.07, 6.45) is 1.51. The number of carbonyl (C=O) groups is 1. The summed E-state index contributed by atoms with van der Waals surface area (Å²) in [4.78, 5) is 26.9. The quantitative estimate of drug-likeness (QED) is 0.578. The largest absolute Gasteiger partial charge is 0.494 e. The van der Waals surface area contributed by atoms with E-state index in [1.807, 2.05) is 0 Å². The van der Waals surface area contributed by atoms with E-state index in [2.05, 4.69) is 15.4 Å². The van der Waals surface area contributed by atoms with Crippen molar-refractivity contribution in [2.24, 2.45) is 7.05 Å². The molecule has 0 atom stereocenters. The summed E-state index contributed by atoms with van der Waals surface area (Å²) in [6.45, 7) is 0. The van der Waals surface area contributed by atoms with Gasteiger partial charge in [-0.1, -0.05) is 11.3 Å². The molecule has 9 nitrogen and oxygen atoms in total. The van der Waals surface area contributed by atoms with Crippen LogP contribution in [0.2, 0.25) is 0 Å². The van der Waals surface area contributed by atoms with E-state index in [1.165, 1.54) is 30.1 Å². The van der Waals surface area contributed by atoms with Gasteiger partial charge >= 0.3 is 0 Å². The maximum absolute atomic E-state index is 12.2. The molecule has 0 aliphatic carbocycles. The SMILES string of the molecule is COc1cc([N+](=O)[O-])cc2sc(NC(=O)c3ccnn3C)nc12. The zero-order valence-electron chi connectivity index (χ0n) is 12.1. The standard InChI is InChI=1S/C13H11N5O4S/c1-17-8(3-4-14-17)12(19)16-13-15-11-9(22-2)5-7(18(20)21)6-10(11)23-13/h3-6H,1-2H3,(H,15,16,19). The zero-order chi connectivity index (χ0) is 16.6. The van der Waals surface area contributed by atoms with Crippen LogP contribution in [0.4, 0.5) is 10.8 Å². The first-order valence-corrected chi connectivity index (χ1v) is 7.23. The minimum atomic E-state index is -0.504. The van der Waals surface area contributed by atoms with Gasteiger partial charge in [0.15, 0.2) is 10.9 Å². The lowest BCUT2D eigenvalue weighted by Gasteiger charge is -2.01. The third-order valence-corrected chi connectivity index (χ3v) is 4.07. The number of nitrogens with one attached hydrogen (secondary N) is 1. The predicted octanol–water partition coefficient (Wildman–Crippen LogP) is 2.20. The lowest BCUT2D eigenvalue weighted by molar-refractivity contribution is -0.384. The Kier molecular flexibility index (Phi) is 3.66. The van der Waals surface area contributed by atoms with Crippen LogP contribution in [0.15, 0.2) is 24.4 Å². The summed E-state index contributed by atoms with van der Waals surface area (Å²) in [5.41, 5.74) is 0.744. The van der Waals surface area contributed by atoms with E-state index < -0.39 is 4.92 Å². The molecule has 10 heteroatoms. The second-order valence-electron chi connectivity index (χ2n) is 4.57. The number of methoxy groups -OCH3 is 1. The number of thiazole rings is 1. The number of hydrogen-bond acceptors (Lipinski definition) is 7. The fourth-order valence-electron chi connectivity index (χ4n) is 2.06. The number of nitro groups is 1. The minimum absolute atomic E-state index is 0.0949. The molecule has 0 saturated carbocycles. The number of hydrogen-bond donors (Lipinski definition) is 1. The Morgan fingerprint density at radius 2 is 2.26 bits per heavy atom. The smallest absolute Gasteiger partial charge is 0.275 e. The van der Waals surface area contributed by atoms with Crippen molar-refractivity contribution < 1.29 is 14.5 Å². The molecule has 1 N–H and O–H groups in total. The molecular formula is C13H11N5O4S. The number of ether oxygens (including phenoxy) is 1. The normalized spacial score (nSPS) is 10.7. The Hall–Kier alpha value is -3.01. The van der Waals surface area contributed by atoms with Gasteiger partial charge in [0, 0.05) is 19.3 Å². The molecule has 0 fully saturated rings. The molecule has 0 aliphatic heterocycles. The fraction of sp³-hybridized carbons (Fsp3) is 0.154. The number of non-ortho nitro benzene ring substituents is 1. The number of amides is 1. The Morgan fingerprint density at radius 3 is 2.87 bits per heavy atom. The number of rotatable bonds is 4. The van der Waals surface area contributed by atoms with E-state index in [4.69, 9.17) is 4.74 Å². The van der Waals surface area contributed by atoms with Crippen LogP contribution in [0.5, 0.6) is 5.75 Å². The molecule has 118 valence electrons. The van der Waals surface area contributed by atoms with Crippen molar-refractivity contribution in [1.82, 2.24) is 14.8 Å². The van der Waals surface area contributed by atoms with Crippen molar-refractivity contribution in [1.29, 1.82) is 0 Å². The first kappa shape index (κ1) is 14.9. The van der Waals surface area contributed by atoms with Gasteiger partial charge in [0.1, 0.15) is 11.2 Å². The van der Waals surface area contributed by atoms with Gasteiger partial charge in [-0.15, -0.1) is 0 Å². The highest BCUT2D eigenvalue weighted by atomic mass is 32.1. The fourth-order valence-corrected chi connectivity index (χ4v) is 2.97. The maximum atomic E-state index is 12.2. The van der Waals surface area contributed by atoms with Gasteiger partial charge in [0.2, 0.25) is 0 Å². The summed E-state index contributed by atoms with van der Waals surface area (Å²) in [6, 6.07) is 4.28. The molecule has 1 amide bonds. The highest BCUT2D eigenvalue weighted by Crippen LogP contribution is 2.36. The Labute approximate surface area is 133 Å². The highest BCUT2D eigenvalue weighted by Gasteiger charge is 2.18. The minimum Gasteiger partial charge on any atom is -0.494 e. The Morgan fingerprint density at radius 1 is 1.48 bits per heavy atom.